The predicted octanol–water partition coefficient (Wildman–Crippen LogP) is 4.58. The van der Waals surface area contributed by atoms with E-state index >= 15 is 0 Å². The highest BCUT2D eigenvalue weighted by molar-refractivity contribution is 6.30. The molecule has 2 aromatic carbocycles. The first-order valence-electron chi connectivity index (χ1n) is 8.88. The number of carboxylic acid groups (broad SMARTS) is 1. The number of carbonyl (C=O) groups is 2. The molecule has 0 radical (unpaired) electrons. The number of hydrogen-bond acceptors (Lipinski definition) is 3. The molecule has 140 valence electrons. The number of aliphatic carboxylic acids is 1. The van der Waals surface area contributed by atoms with Gasteiger partial charge in [0.2, 0.25) is 5.91 Å². The Balaban J connectivity index is 1.85. The molecule has 0 fully saturated rings. The Morgan fingerprint density at radius 1 is 1.11 bits per heavy atom. The van der Waals surface area contributed by atoms with Crippen LogP contribution in [0.25, 0.3) is 0 Å². The first-order chi connectivity index (χ1) is 12.9. The molecule has 0 bridgehead atoms. The molecular formula is C21H21ClN2O3. The molecule has 1 heterocycles. The predicted molar refractivity (Wildman–Crippen MR) is 105 cm³/mol. The summed E-state index contributed by atoms with van der Waals surface area (Å²) in [5.74, 6) is -1.07. The minimum absolute atomic E-state index is 0.0281. The van der Waals surface area contributed by atoms with E-state index in [0.29, 0.717) is 17.9 Å². The lowest BCUT2D eigenvalue weighted by atomic mass is 9.98. The topological polar surface area (TPSA) is 70.0 Å². The Hall–Kier alpha value is -2.66. The molecule has 0 spiro atoms. The molecule has 1 amide bonds. The zero-order chi connectivity index (χ0) is 19.4. The number of amides is 1. The van der Waals surface area contributed by atoms with E-state index in [2.05, 4.69) is 5.10 Å². The number of aryl methyl sites for hydroxylation is 1. The van der Waals surface area contributed by atoms with Crippen molar-refractivity contribution in [2.75, 3.05) is 0 Å². The summed E-state index contributed by atoms with van der Waals surface area (Å²) < 4.78 is 0. The van der Waals surface area contributed by atoms with Gasteiger partial charge in [-0.05, 0) is 36.6 Å². The van der Waals surface area contributed by atoms with Crippen molar-refractivity contribution in [2.24, 2.45) is 5.10 Å². The van der Waals surface area contributed by atoms with Gasteiger partial charge in [0.15, 0.2) is 0 Å². The largest absolute Gasteiger partial charge is 0.481 e. The second-order valence-electron chi connectivity index (χ2n) is 6.67. The maximum Gasteiger partial charge on any atom is 0.303 e. The van der Waals surface area contributed by atoms with Crippen molar-refractivity contribution in [2.45, 2.75) is 38.6 Å². The number of carboxylic acids is 1. The van der Waals surface area contributed by atoms with Crippen LogP contribution in [-0.4, -0.2) is 27.7 Å². The summed E-state index contributed by atoms with van der Waals surface area (Å²) in [6.07, 6.45) is 1.03. The monoisotopic (exact) mass is 384 g/mol. The highest BCUT2D eigenvalue weighted by Gasteiger charge is 2.32. The second kappa shape index (κ2) is 8.35. The van der Waals surface area contributed by atoms with E-state index < -0.39 is 5.97 Å². The molecule has 0 aliphatic carbocycles. The van der Waals surface area contributed by atoms with Crippen LogP contribution in [0.5, 0.6) is 0 Å². The molecule has 27 heavy (non-hydrogen) atoms. The Kier molecular flexibility index (Phi) is 5.91. The average molecular weight is 385 g/mol. The molecule has 1 aliphatic rings. The van der Waals surface area contributed by atoms with Gasteiger partial charge < -0.3 is 5.11 Å². The van der Waals surface area contributed by atoms with Crippen LogP contribution >= 0.6 is 11.6 Å². The lowest BCUT2D eigenvalue weighted by Gasteiger charge is -2.22. The molecule has 3 rings (SSSR count). The minimum Gasteiger partial charge on any atom is -0.481 e. The number of hydrogen-bond donors (Lipinski definition) is 1. The summed E-state index contributed by atoms with van der Waals surface area (Å²) in [4.78, 5) is 23.4. The van der Waals surface area contributed by atoms with Gasteiger partial charge in [0.25, 0.3) is 0 Å². The number of rotatable bonds is 6. The molecule has 1 unspecified atom stereocenters. The fourth-order valence-corrected chi connectivity index (χ4v) is 3.24. The number of halogens is 1. The van der Waals surface area contributed by atoms with Gasteiger partial charge in [-0.1, -0.05) is 53.6 Å². The summed E-state index contributed by atoms with van der Waals surface area (Å²) in [7, 11) is 0. The van der Waals surface area contributed by atoms with Gasteiger partial charge >= 0.3 is 5.97 Å². The molecular weight excluding hydrogens is 364 g/mol. The van der Waals surface area contributed by atoms with Gasteiger partial charge in [0.05, 0.1) is 11.8 Å². The summed E-state index contributed by atoms with van der Waals surface area (Å²) >= 11 is 5.99. The normalized spacial score (nSPS) is 16.3. The van der Waals surface area contributed by atoms with Gasteiger partial charge in [-0.25, -0.2) is 5.01 Å². The molecule has 0 saturated carbocycles. The highest BCUT2D eigenvalue weighted by Crippen LogP contribution is 2.34. The van der Waals surface area contributed by atoms with E-state index in [1.165, 1.54) is 5.01 Å². The molecule has 2 aromatic rings. The van der Waals surface area contributed by atoms with Gasteiger partial charge in [-0.3, -0.25) is 9.59 Å². The van der Waals surface area contributed by atoms with Gasteiger partial charge in [-0.2, -0.15) is 5.10 Å². The van der Waals surface area contributed by atoms with Crippen LogP contribution in [0.1, 0.15) is 48.4 Å². The van der Waals surface area contributed by atoms with E-state index in [0.717, 1.165) is 22.4 Å². The van der Waals surface area contributed by atoms with Crippen molar-refractivity contribution in [1.29, 1.82) is 0 Å². The first-order valence-corrected chi connectivity index (χ1v) is 9.25. The molecule has 1 N–H and O–H groups in total. The molecule has 0 saturated heterocycles. The molecule has 0 aromatic heterocycles. The number of benzene rings is 2. The van der Waals surface area contributed by atoms with E-state index in [9.17, 15) is 9.59 Å². The smallest absolute Gasteiger partial charge is 0.303 e. The maximum absolute atomic E-state index is 12.7. The van der Waals surface area contributed by atoms with Crippen molar-refractivity contribution in [3.8, 4) is 0 Å². The number of nitrogens with zero attached hydrogens (tertiary/aromatic N) is 2. The quantitative estimate of drug-likeness (QED) is 0.792. The maximum atomic E-state index is 12.7. The van der Waals surface area contributed by atoms with Gasteiger partial charge in [-0.15, -0.1) is 0 Å². The minimum atomic E-state index is -0.901. The van der Waals surface area contributed by atoms with Crippen molar-refractivity contribution in [1.82, 2.24) is 5.01 Å². The average Bonchev–Trinajstić information content (AvgIpc) is 3.08. The molecule has 1 atom stereocenters. The van der Waals surface area contributed by atoms with Gasteiger partial charge in [0.1, 0.15) is 0 Å². The van der Waals surface area contributed by atoms with Crippen LogP contribution in [0.4, 0.5) is 0 Å². The lowest BCUT2D eigenvalue weighted by Crippen LogP contribution is -2.27. The van der Waals surface area contributed by atoms with E-state index in [-0.39, 0.29) is 24.8 Å². The SMILES string of the molecule is Cc1ccc(C2=NN(C(=O)CCCC(=O)O)C(c3ccc(Cl)cc3)C2)cc1. The molecule has 6 heteroatoms. The molecule has 5 nitrogen and oxygen atoms in total. The third kappa shape index (κ3) is 4.74. The summed E-state index contributed by atoms with van der Waals surface area (Å²) in [5.41, 5.74) is 3.95. The van der Waals surface area contributed by atoms with E-state index in [4.69, 9.17) is 16.7 Å². The number of hydrazone groups is 1. The van der Waals surface area contributed by atoms with Crippen LogP contribution in [0.15, 0.2) is 53.6 Å². The van der Waals surface area contributed by atoms with Crippen molar-refractivity contribution < 1.29 is 14.7 Å². The Morgan fingerprint density at radius 3 is 2.41 bits per heavy atom. The first kappa shape index (κ1) is 19.1. The van der Waals surface area contributed by atoms with Gasteiger partial charge in [0, 0.05) is 24.3 Å². The lowest BCUT2D eigenvalue weighted by molar-refractivity contribution is -0.137. The second-order valence-corrected chi connectivity index (χ2v) is 7.11. The third-order valence-corrected chi connectivity index (χ3v) is 4.84. The number of carbonyl (C=O) groups excluding carboxylic acids is 1. The fraction of sp³-hybridized carbons (Fsp3) is 0.286. The summed E-state index contributed by atoms with van der Waals surface area (Å²) in [6, 6.07) is 15.2. The van der Waals surface area contributed by atoms with Crippen LogP contribution < -0.4 is 0 Å². The van der Waals surface area contributed by atoms with E-state index in [1.54, 1.807) is 12.1 Å². The van der Waals surface area contributed by atoms with Crippen molar-refractivity contribution >= 4 is 29.2 Å². The fourth-order valence-electron chi connectivity index (χ4n) is 3.11. The standard InChI is InChI=1S/C21H21ClN2O3/c1-14-5-7-15(8-6-14)18-13-19(16-9-11-17(22)12-10-16)24(23-18)20(25)3-2-4-21(26)27/h5-12,19H,2-4,13H2,1H3,(H,26,27). The van der Waals surface area contributed by atoms with Crippen molar-refractivity contribution in [3.63, 3.8) is 0 Å². The zero-order valence-corrected chi connectivity index (χ0v) is 15.8. The summed E-state index contributed by atoms with van der Waals surface area (Å²) in [6.45, 7) is 2.02. The van der Waals surface area contributed by atoms with E-state index in [1.807, 2.05) is 43.3 Å². The van der Waals surface area contributed by atoms with Crippen LogP contribution in [0, 0.1) is 6.92 Å². The third-order valence-electron chi connectivity index (χ3n) is 4.59. The Bertz CT molecular complexity index is 860. The highest BCUT2D eigenvalue weighted by atomic mass is 35.5. The van der Waals surface area contributed by atoms with Crippen LogP contribution in [0.2, 0.25) is 5.02 Å². The Labute approximate surface area is 163 Å². The van der Waals surface area contributed by atoms with Crippen LogP contribution in [-0.2, 0) is 9.59 Å². The zero-order valence-electron chi connectivity index (χ0n) is 15.1. The van der Waals surface area contributed by atoms with Crippen LogP contribution in [0.3, 0.4) is 0 Å². The Morgan fingerprint density at radius 2 is 1.78 bits per heavy atom. The molecule has 1 aliphatic heterocycles. The summed E-state index contributed by atoms with van der Waals surface area (Å²) in [5, 5.41) is 15.5. The van der Waals surface area contributed by atoms with Crippen molar-refractivity contribution in [3.05, 3.63) is 70.2 Å².